The van der Waals surface area contributed by atoms with Gasteiger partial charge in [0.2, 0.25) is 5.91 Å². The number of para-hydroxylation sites is 2. The van der Waals surface area contributed by atoms with Crippen LogP contribution >= 0.6 is 11.6 Å². The maximum absolute atomic E-state index is 13.4. The smallest absolute Gasteiger partial charge is 0.282 e. The first kappa shape index (κ1) is 19.6. The number of hydrogen-bond acceptors (Lipinski definition) is 5. The van der Waals surface area contributed by atoms with Gasteiger partial charge < -0.3 is 9.64 Å². The first-order valence-electron chi connectivity index (χ1n) is 8.59. The summed E-state index contributed by atoms with van der Waals surface area (Å²) in [5, 5.41) is 11.6. The first-order valence-corrected chi connectivity index (χ1v) is 8.96. The van der Waals surface area contributed by atoms with E-state index in [9.17, 15) is 19.7 Å². The molecule has 8 nitrogen and oxygen atoms in total. The third-order valence-electron chi connectivity index (χ3n) is 4.49. The summed E-state index contributed by atoms with van der Waals surface area (Å²) in [5.74, 6) is -0.307. The van der Waals surface area contributed by atoms with Gasteiger partial charge in [-0.2, -0.15) is 0 Å². The molecule has 0 aliphatic carbocycles. The van der Waals surface area contributed by atoms with Crippen molar-refractivity contribution in [2.24, 2.45) is 0 Å². The largest absolute Gasteiger partial charge is 0.495 e. The van der Waals surface area contributed by atoms with Crippen molar-refractivity contribution in [3.63, 3.8) is 0 Å². The maximum atomic E-state index is 13.4. The van der Waals surface area contributed by atoms with E-state index in [1.807, 2.05) is 0 Å². The summed E-state index contributed by atoms with van der Waals surface area (Å²) in [7, 11) is 1.46. The molecule has 9 heteroatoms. The molecule has 28 heavy (non-hydrogen) atoms. The SMILES string of the molecule is COc1ccccc1N(CN1CCCC1=O)C(=O)c1cc(Cl)ccc1[N+](=O)[O-]. The van der Waals surface area contributed by atoms with Crippen LogP contribution in [-0.2, 0) is 4.79 Å². The van der Waals surface area contributed by atoms with E-state index >= 15 is 0 Å². The van der Waals surface area contributed by atoms with Gasteiger partial charge in [-0.05, 0) is 30.7 Å². The highest BCUT2D eigenvalue weighted by atomic mass is 35.5. The lowest BCUT2D eigenvalue weighted by Gasteiger charge is -2.29. The zero-order chi connectivity index (χ0) is 20.3. The molecule has 1 heterocycles. The van der Waals surface area contributed by atoms with Crippen LogP contribution in [0, 0.1) is 10.1 Å². The van der Waals surface area contributed by atoms with Gasteiger partial charge in [0, 0.05) is 24.1 Å². The fraction of sp³-hybridized carbons (Fsp3) is 0.263. The monoisotopic (exact) mass is 403 g/mol. The van der Waals surface area contributed by atoms with Gasteiger partial charge in [-0.1, -0.05) is 23.7 Å². The average Bonchev–Trinajstić information content (AvgIpc) is 3.09. The molecule has 1 aliphatic heterocycles. The molecule has 2 amide bonds. The fourth-order valence-corrected chi connectivity index (χ4v) is 3.28. The van der Waals surface area contributed by atoms with Crippen LogP contribution in [0.3, 0.4) is 0 Å². The molecule has 1 aliphatic rings. The molecule has 0 radical (unpaired) electrons. The van der Waals surface area contributed by atoms with Crippen molar-refractivity contribution >= 4 is 34.8 Å². The van der Waals surface area contributed by atoms with Crippen LogP contribution < -0.4 is 9.64 Å². The number of nitrogens with zero attached hydrogens (tertiary/aromatic N) is 3. The number of hydrogen-bond donors (Lipinski definition) is 0. The van der Waals surface area contributed by atoms with Gasteiger partial charge in [0.1, 0.15) is 18.0 Å². The minimum atomic E-state index is -0.640. The lowest BCUT2D eigenvalue weighted by molar-refractivity contribution is -0.385. The highest BCUT2D eigenvalue weighted by molar-refractivity contribution is 6.31. The van der Waals surface area contributed by atoms with Crippen LogP contribution in [0.1, 0.15) is 23.2 Å². The summed E-state index contributed by atoms with van der Waals surface area (Å²) in [5.41, 5.74) is -0.110. The molecule has 1 saturated heterocycles. The maximum Gasteiger partial charge on any atom is 0.282 e. The number of halogens is 1. The first-order chi connectivity index (χ1) is 13.4. The van der Waals surface area contributed by atoms with Crippen molar-refractivity contribution in [1.82, 2.24) is 4.90 Å². The molecule has 0 atom stereocenters. The highest BCUT2D eigenvalue weighted by Crippen LogP contribution is 2.32. The zero-order valence-electron chi connectivity index (χ0n) is 15.1. The molecular formula is C19H18ClN3O5. The highest BCUT2D eigenvalue weighted by Gasteiger charge is 2.31. The Morgan fingerprint density at radius 3 is 2.71 bits per heavy atom. The molecule has 0 N–H and O–H groups in total. The number of anilines is 1. The second-order valence-electron chi connectivity index (χ2n) is 6.23. The van der Waals surface area contributed by atoms with E-state index in [1.54, 1.807) is 29.2 Å². The Morgan fingerprint density at radius 1 is 1.32 bits per heavy atom. The van der Waals surface area contributed by atoms with Crippen molar-refractivity contribution in [2.45, 2.75) is 12.8 Å². The van der Waals surface area contributed by atoms with Crippen LogP contribution in [0.2, 0.25) is 5.02 Å². The Labute approximate surface area is 166 Å². The zero-order valence-corrected chi connectivity index (χ0v) is 15.9. The van der Waals surface area contributed by atoms with Gasteiger partial charge in [-0.15, -0.1) is 0 Å². The van der Waals surface area contributed by atoms with E-state index in [0.29, 0.717) is 30.8 Å². The lowest BCUT2D eigenvalue weighted by atomic mass is 10.1. The van der Waals surface area contributed by atoms with Crippen molar-refractivity contribution in [3.05, 3.63) is 63.2 Å². The summed E-state index contributed by atoms with van der Waals surface area (Å²) < 4.78 is 5.35. The van der Waals surface area contributed by atoms with Gasteiger partial charge in [0.05, 0.1) is 17.7 Å². The number of benzene rings is 2. The van der Waals surface area contributed by atoms with E-state index in [1.165, 1.54) is 30.2 Å². The molecule has 0 bridgehead atoms. The minimum Gasteiger partial charge on any atom is -0.495 e. The molecule has 0 unspecified atom stereocenters. The van der Waals surface area contributed by atoms with E-state index in [4.69, 9.17) is 16.3 Å². The Morgan fingerprint density at radius 2 is 2.07 bits per heavy atom. The molecule has 2 aromatic rings. The molecule has 146 valence electrons. The van der Waals surface area contributed by atoms with E-state index < -0.39 is 10.8 Å². The number of nitro groups is 1. The van der Waals surface area contributed by atoms with E-state index in [2.05, 4.69) is 0 Å². The number of carbonyl (C=O) groups excluding carboxylic acids is 2. The van der Waals surface area contributed by atoms with Crippen molar-refractivity contribution in [3.8, 4) is 5.75 Å². The Bertz CT molecular complexity index is 934. The van der Waals surface area contributed by atoms with Gasteiger partial charge in [-0.3, -0.25) is 24.6 Å². The third kappa shape index (κ3) is 3.91. The molecule has 3 rings (SSSR count). The van der Waals surface area contributed by atoms with E-state index in [0.717, 1.165) is 0 Å². The van der Waals surface area contributed by atoms with Gasteiger partial charge in [0.15, 0.2) is 0 Å². The van der Waals surface area contributed by atoms with Crippen LogP contribution in [0.15, 0.2) is 42.5 Å². The van der Waals surface area contributed by atoms with Crippen LogP contribution in [0.25, 0.3) is 0 Å². The second kappa shape index (κ2) is 8.26. The summed E-state index contributed by atoms with van der Waals surface area (Å²) in [6, 6.07) is 10.6. The molecule has 1 fully saturated rings. The third-order valence-corrected chi connectivity index (χ3v) is 4.73. The fourth-order valence-electron chi connectivity index (χ4n) is 3.11. The molecular weight excluding hydrogens is 386 g/mol. The van der Waals surface area contributed by atoms with Crippen molar-refractivity contribution in [2.75, 3.05) is 25.2 Å². The lowest BCUT2D eigenvalue weighted by Crippen LogP contribution is -2.42. The predicted molar refractivity (Wildman–Crippen MR) is 104 cm³/mol. The number of likely N-dealkylation sites (tertiary alicyclic amines) is 1. The predicted octanol–water partition coefficient (Wildman–Crippen LogP) is 3.48. The van der Waals surface area contributed by atoms with Gasteiger partial charge in [0.25, 0.3) is 11.6 Å². The summed E-state index contributed by atoms with van der Waals surface area (Å²) in [6.45, 7) is 0.469. The Balaban J connectivity index is 2.08. The van der Waals surface area contributed by atoms with Gasteiger partial charge >= 0.3 is 0 Å². The Hall–Kier alpha value is -3.13. The summed E-state index contributed by atoms with van der Waals surface area (Å²) >= 11 is 5.99. The summed E-state index contributed by atoms with van der Waals surface area (Å²) in [6.07, 6.45) is 1.11. The number of carbonyl (C=O) groups is 2. The molecule has 2 aromatic carbocycles. The topological polar surface area (TPSA) is 93.0 Å². The minimum absolute atomic E-state index is 0.0400. The second-order valence-corrected chi connectivity index (χ2v) is 6.66. The normalized spacial score (nSPS) is 13.5. The van der Waals surface area contributed by atoms with Gasteiger partial charge in [-0.25, -0.2) is 0 Å². The number of rotatable bonds is 6. The summed E-state index contributed by atoms with van der Waals surface area (Å²) in [4.78, 5) is 39.1. The van der Waals surface area contributed by atoms with Crippen LogP contribution in [0.5, 0.6) is 5.75 Å². The van der Waals surface area contributed by atoms with Crippen LogP contribution in [-0.4, -0.2) is 42.0 Å². The molecule has 0 saturated carbocycles. The van der Waals surface area contributed by atoms with Crippen molar-refractivity contribution < 1.29 is 19.2 Å². The number of methoxy groups -OCH3 is 1. The van der Waals surface area contributed by atoms with Crippen molar-refractivity contribution in [1.29, 1.82) is 0 Å². The standard InChI is InChI=1S/C19H18ClN3O5/c1-28-17-6-3-2-5-16(17)22(12-21-10-4-7-18(21)24)19(25)14-11-13(20)8-9-15(14)23(26)27/h2-3,5-6,8-9,11H,4,7,10,12H2,1H3. The van der Waals surface area contributed by atoms with Crippen LogP contribution in [0.4, 0.5) is 11.4 Å². The van der Waals surface area contributed by atoms with E-state index in [-0.39, 0.29) is 28.8 Å². The molecule has 0 aromatic heterocycles. The Kier molecular flexibility index (Phi) is 5.79. The molecule has 0 spiro atoms. The number of ether oxygens (including phenoxy) is 1. The quantitative estimate of drug-likeness (QED) is 0.543. The number of amides is 2. The average molecular weight is 404 g/mol. The number of nitro benzene ring substituents is 1.